The number of carboxylic acid groups (broad SMARTS) is 2. The summed E-state index contributed by atoms with van der Waals surface area (Å²) < 4.78 is 0. The van der Waals surface area contributed by atoms with Crippen LogP contribution in [-0.2, 0) is 16.0 Å². The highest BCUT2D eigenvalue weighted by atomic mass is 35.5. The minimum Gasteiger partial charge on any atom is -0.481 e. The molecule has 2 N–H and O–H groups in total. The van der Waals surface area contributed by atoms with Crippen LogP contribution in [0.15, 0.2) is 24.3 Å². The highest BCUT2D eigenvalue weighted by Crippen LogP contribution is 2.16. The maximum absolute atomic E-state index is 10.8. The maximum Gasteiger partial charge on any atom is 0.307 e. The van der Waals surface area contributed by atoms with Gasteiger partial charge in [0, 0.05) is 5.02 Å². The molecule has 5 heteroatoms. The van der Waals surface area contributed by atoms with Crippen LogP contribution in [0.2, 0.25) is 5.02 Å². The van der Waals surface area contributed by atoms with E-state index in [2.05, 4.69) is 0 Å². The van der Waals surface area contributed by atoms with Gasteiger partial charge in [-0.05, 0) is 24.1 Å². The van der Waals surface area contributed by atoms with Crippen molar-refractivity contribution in [3.63, 3.8) is 0 Å². The quantitative estimate of drug-likeness (QED) is 0.829. The molecular formula is C11H11ClO4. The van der Waals surface area contributed by atoms with Crippen molar-refractivity contribution in [2.75, 3.05) is 0 Å². The Morgan fingerprint density at radius 2 is 2.00 bits per heavy atom. The van der Waals surface area contributed by atoms with Crippen LogP contribution in [0.4, 0.5) is 0 Å². The van der Waals surface area contributed by atoms with Gasteiger partial charge < -0.3 is 10.2 Å². The molecule has 0 heterocycles. The summed E-state index contributed by atoms with van der Waals surface area (Å²) in [6.45, 7) is 0. The van der Waals surface area contributed by atoms with Gasteiger partial charge in [0.15, 0.2) is 0 Å². The SMILES string of the molecule is O=C(O)CC(Cc1cccc(Cl)c1)C(=O)O. The molecule has 1 rings (SSSR count). The summed E-state index contributed by atoms with van der Waals surface area (Å²) in [6, 6.07) is 6.75. The van der Waals surface area contributed by atoms with E-state index < -0.39 is 17.9 Å². The molecule has 0 aliphatic rings. The van der Waals surface area contributed by atoms with E-state index in [-0.39, 0.29) is 12.8 Å². The third kappa shape index (κ3) is 3.90. The van der Waals surface area contributed by atoms with E-state index in [4.69, 9.17) is 21.8 Å². The number of carbonyl (C=O) groups is 2. The van der Waals surface area contributed by atoms with Crippen LogP contribution in [0.5, 0.6) is 0 Å². The van der Waals surface area contributed by atoms with Gasteiger partial charge in [0.2, 0.25) is 0 Å². The van der Waals surface area contributed by atoms with Crippen molar-refractivity contribution in [3.05, 3.63) is 34.9 Å². The molecule has 0 bridgehead atoms. The second kappa shape index (κ2) is 5.51. The molecular weight excluding hydrogens is 232 g/mol. The maximum atomic E-state index is 10.8. The lowest BCUT2D eigenvalue weighted by Gasteiger charge is -2.09. The van der Waals surface area contributed by atoms with Crippen LogP contribution in [-0.4, -0.2) is 22.2 Å². The molecule has 0 spiro atoms. The zero-order valence-corrected chi connectivity index (χ0v) is 9.15. The lowest BCUT2D eigenvalue weighted by molar-refractivity contribution is -0.148. The first-order chi connectivity index (χ1) is 7.49. The van der Waals surface area contributed by atoms with Gasteiger partial charge in [0.1, 0.15) is 0 Å². The first-order valence-electron chi connectivity index (χ1n) is 4.68. The molecule has 0 radical (unpaired) electrons. The number of hydrogen-bond acceptors (Lipinski definition) is 2. The lowest BCUT2D eigenvalue weighted by Crippen LogP contribution is -2.20. The van der Waals surface area contributed by atoms with Gasteiger partial charge >= 0.3 is 11.9 Å². The zero-order valence-electron chi connectivity index (χ0n) is 8.39. The second-order valence-electron chi connectivity index (χ2n) is 3.47. The first-order valence-corrected chi connectivity index (χ1v) is 5.06. The summed E-state index contributed by atoms with van der Waals surface area (Å²) in [4.78, 5) is 21.3. The Morgan fingerprint density at radius 3 is 2.50 bits per heavy atom. The van der Waals surface area contributed by atoms with Gasteiger partial charge in [-0.1, -0.05) is 23.7 Å². The van der Waals surface area contributed by atoms with Crippen molar-refractivity contribution in [1.82, 2.24) is 0 Å². The van der Waals surface area contributed by atoms with Gasteiger partial charge in [-0.2, -0.15) is 0 Å². The Morgan fingerprint density at radius 1 is 1.31 bits per heavy atom. The van der Waals surface area contributed by atoms with Crippen LogP contribution in [0, 0.1) is 5.92 Å². The highest BCUT2D eigenvalue weighted by molar-refractivity contribution is 6.30. The number of benzene rings is 1. The fourth-order valence-corrected chi connectivity index (χ4v) is 1.62. The minimum atomic E-state index is -1.12. The van der Waals surface area contributed by atoms with Crippen molar-refractivity contribution < 1.29 is 19.8 Å². The van der Waals surface area contributed by atoms with Crippen molar-refractivity contribution in [3.8, 4) is 0 Å². The van der Waals surface area contributed by atoms with E-state index in [1.807, 2.05) is 0 Å². The Hall–Kier alpha value is -1.55. The first kappa shape index (κ1) is 12.5. The Balaban J connectivity index is 2.75. The molecule has 16 heavy (non-hydrogen) atoms. The fourth-order valence-electron chi connectivity index (χ4n) is 1.41. The zero-order chi connectivity index (χ0) is 12.1. The normalized spacial score (nSPS) is 12.1. The van der Waals surface area contributed by atoms with Gasteiger partial charge in [-0.3, -0.25) is 9.59 Å². The highest BCUT2D eigenvalue weighted by Gasteiger charge is 2.21. The van der Waals surface area contributed by atoms with Crippen molar-refractivity contribution >= 4 is 23.5 Å². The second-order valence-corrected chi connectivity index (χ2v) is 3.90. The van der Waals surface area contributed by atoms with E-state index >= 15 is 0 Å². The summed E-state index contributed by atoms with van der Waals surface area (Å²) >= 11 is 5.75. The smallest absolute Gasteiger partial charge is 0.307 e. The van der Waals surface area contributed by atoms with Gasteiger partial charge in [-0.25, -0.2) is 0 Å². The molecule has 0 aromatic heterocycles. The fraction of sp³-hybridized carbons (Fsp3) is 0.273. The van der Waals surface area contributed by atoms with Crippen LogP contribution in [0.25, 0.3) is 0 Å². The molecule has 0 amide bonds. The average molecular weight is 243 g/mol. The summed E-state index contributed by atoms with van der Waals surface area (Å²) in [5.74, 6) is -3.15. The third-order valence-electron chi connectivity index (χ3n) is 2.14. The number of carboxylic acids is 2. The molecule has 0 fully saturated rings. The predicted octanol–water partition coefficient (Wildman–Crippen LogP) is 2.06. The molecule has 1 aromatic carbocycles. The monoisotopic (exact) mass is 242 g/mol. The number of rotatable bonds is 5. The number of aliphatic carboxylic acids is 2. The summed E-state index contributed by atoms with van der Waals surface area (Å²) in [5, 5.41) is 17.9. The molecule has 0 aliphatic carbocycles. The third-order valence-corrected chi connectivity index (χ3v) is 2.38. The van der Waals surface area contributed by atoms with Crippen LogP contribution in [0.1, 0.15) is 12.0 Å². The molecule has 0 saturated carbocycles. The van der Waals surface area contributed by atoms with E-state index in [1.54, 1.807) is 24.3 Å². The number of hydrogen-bond donors (Lipinski definition) is 2. The Bertz CT molecular complexity index is 403. The number of halogens is 1. The molecule has 1 unspecified atom stereocenters. The molecule has 1 aromatic rings. The van der Waals surface area contributed by atoms with Gasteiger partial charge in [0.05, 0.1) is 12.3 Å². The van der Waals surface area contributed by atoms with Crippen molar-refractivity contribution in [2.45, 2.75) is 12.8 Å². The van der Waals surface area contributed by atoms with Crippen molar-refractivity contribution in [2.24, 2.45) is 5.92 Å². The minimum absolute atomic E-state index is 0.169. The molecule has 1 atom stereocenters. The molecule has 4 nitrogen and oxygen atoms in total. The molecule has 86 valence electrons. The molecule has 0 saturated heterocycles. The van der Waals surface area contributed by atoms with Crippen LogP contribution in [0.3, 0.4) is 0 Å². The topological polar surface area (TPSA) is 74.6 Å². The Labute approximate surface area is 97.5 Å². The van der Waals surface area contributed by atoms with Crippen LogP contribution >= 0.6 is 11.6 Å². The van der Waals surface area contributed by atoms with E-state index in [1.165, 1.54) is 0 Å². The van der Waals surface area contributed by atoms with E-state index in [9.17, 15) is 9.59 Å². The summed E-state index contributed by atoms with van der Waals surface area (Å²) in [6.07, 6.45) is -0.218. The average Bonchev–Trinajstić information content (AvgIpc) is 2.15. The van der Waals surface area contributed by atoms with E-state index in [0.29, 0.717) is 5.02 Å². The van der Waals surface area contributed by atoms with Gasteiger partial charge in [-0.15, -0.1) is 0 Å². The standard InChI is InChI=1S/C11H11ClO4/c12-9-3-1-2-7(5-9)4-8(11(15)16)6-10(13)14/h1-3,5,8H,4,6H2,(H,13,14)(H,15,16). The molecule has 0 aliphatic heterocycles. The largest absolute Gasteiger partial charge is 0.481 e. The lowest BCUT2D eigenvalue weighted by atomic mass is 9.96. The van der Waals surface area contributed by atoms with E-state index in [0.717, 1.165) is 5.56 Å². The van der Waals surface area contributed by atoms with Crippen molar-refractivity contribution in [1.29, 1.82) is 0 Å². The Kier molecular flexibility index (Phi) is 4.31. The summed E-state index contributed by atoms with van der Waals surface area (Å²) in [5.41, 5.74) is 0.723. The predicted molar refractivity (Wildman–Crippen MR) is 58.5 cm³/mol. The summed E-state index contributed by atoms with van der Waals surface area (Å²) in [7, 11) is 0. The van der Waals surface area contributed by atoms with Gasteiger partial charge in [0.25, 0.3) is 0 Å². The van der Waals surface area contributed by atoms with Crippen LogP contribution < -0.4 is 0 Å².